The molecule has 0 saturated carbocycles. The maximum atomic E-state index is 13.3. The van der Waals surface area contributed by atoms with Gasteiger partial charge in [-0.2, -0.15) is 4.31 Å². The molecule has 3 aromatic rings. The molecule has 0 atom stereocenters. The summed E-state index contributed by atoms with van der Waals surface area (Å²) in [6.45, 7) is 2.04. The van der Waals surface area contributed by atoms with Crippen LogP contribution in [0.5, 0.6) is 0 Å². The van der Waals surface area contributed by atoms with E-state index in [2.05, 4.69) is 5.32 Å². The highest BCUT2D eigenvalue weighted by atomic mass is 32.2. The molecule has 1 N–H and O–H groups in total. The third kappa shape index (κ3) is 4.64. The van der Waals surface area contributed by atoms with Gasteiger partial charge in [-0.05, 0) is 65.7 Å². The van der Waals surface area contributed by atoms with Crippen LogP contribution in [-0.2, 0) is 34.3 Å². The van der Waals surface area contributed by atoms with E-state index < -0.39 is 10.0 Å². The van der Waals surface area contributed by atoms with Gasteiger partial charge in [-0.25, -0.2) is 8.42 Å². The number of rotatable bonds is 6. The second-order valence-corrected chi connectivity index (χ2v) is 11.5. The van der Waals surface area contributed by atoms with Crippen LogP contribution in [0.3, 0.4) is 0 Å². The van der Waals surface area contributed by atoms with Gasteiger partial charge in [0, 0.05) is 48.7 Å². The highest BCUT2D eigenvalue weighted by Gasteiger charge is 2.29. The quantitative estimate of drug-likeness (QED) is 0.563. The molecule has 0 spiro atoms. The largest absolute Gasteiger partial charge is 0.338 e. The summed E-state index contributed by atoms with van der Waals surface area (Å²) in [6, 6.07) is 15.5. The van der Waals surface area contributed by atoms with Gasteiger partial charge in [-0.15, -0.1) is 11.3 Å². The summed E-state index contributed by atoms with van der Waals surface area (Å²) in [5.41, 5.74) is 2.85. The van der Waals surface area contributed by atoms with E-state index >= 15 is 0 Å². The van der Waals surface area contributed by atoms with Crippen molar-refractivity contribution in [3.05, 3.63) is 81.5 Å². The van der Waals surface area contributed by atoms with Crippen LogP contribution < -0.4 is 5.32 Å². The molecule has 176 valence electrons. The van der Waals surface area contributed by atoms with Crippen LogP contribution in [0.1, 0.15) is 39.2 Å². The van der Waals surface area contributed by atoms with E-state index in [0.717, 1.165) is 24.1 Å². The lowest BCUT2D eigenvalue weighted by Crippen LogP contribution is -2.35. The normalized spacial score (nSPS) is 16.5. The van der Waals surface area contributed by atoms with E-state index in [9.17, 15) is 18.0 Å². The van der Waals surface area contributed by atoms with Gasteiger partial charge < -0.3 is 10.2 Å². The Morgan fingerprint density at radius 2 is 1.88 bits per heavy atom. The Kier molecular flexibility index (Phi) is 6.24. The third-order valence-corrected chi connectivity index (χ3v) is 9.10. The van der Waals surface area contributed by atoms with Crippen LogP contribution in [0, 0.1) is 0 Å². The van der Waals surface area contributed by atoms with Crippen LogP contribution in [0.4, 0.5) is 5.69 Å². The monoisotopic (exact) mass is 495 g/mol. The van der Waals surface area contributed by atoms with Crippen molar-refractivity contribution in [3.63, 3.8) is 0 Å². The first-order valence-electron chi connectivity index (χ1n) is 11.2. The molecule has 0 aliphatic carbocycles. The lowest BCUT2D eigenvalue weighted by atomic mass is 10.1. The molecular weight excluding hydrogens is 470 g/mol. The molecule has 2 aliphatic rings. The van der Waals surface area contributed by atoms with Crippen molar-refractivity contribution in [2.24, 2.45) is 0 Å². The molecule has 0 unspecified atom stereocenters. The number of carbonyl (C=O) groups excluding carboxylic acids is 2. The molecule has 0 radical (unpaired) electrons. The van der Waals surface area contributed by atoms with Gasteiger partial charge in [0.05, 0.1) is 4.90 Å². The number of hydrogen-bond donors (Lipinski definition) is 1. The molecule has 1 fully saturated rings. The second kappa shape index (κ2) is 9.32. The van der Waals surface area contributed by atoms with Crippen molar-refractivity contribution < 1.29 is 18.0 Å². The van der Waals surface area contributed by atoms with E-state index in [1.165, 1.54) is 21.3 Å². The maximum absolute atomic E-state index is 13.3. The minimum absolute atomic E-state index is 0.111. The first kappa shape index (κ1) is 22.8. The Labute approximate surface area is 203 Å². The Balaban J connectivity index is 1.30. The van der Waals surface area contributed by atoms with E-state index in [1.54, 1.807) is 29.5 Å². The van der Waals surface area contributed by atoms with Crippen LogP contribution in [0.2, 0.25) is 0 Å². The van der Waals surface area contributed by atoms with Gasteiger partial charge in [-0.3, -0.25) is 9.59 Å². The predicted molar refractivity (Wildman–Crippen MR) is 131 cm³/mol. The SMILES string of the molecule is O=C(Nc1cccc(CN2CCCC2=O)c1)c1cccc(S(=O)(=O)N2CCc3sccc3C2)c1. The van der Waals surface area contributed by atoms with E-state index in [1.807, 2.05) is 34.5 Å². The fourth-order valence-corrected chi connectivity index (χ4v) is 6.77. The second-order valence-electron chi connectivity index (χ2n) is 8.56. The summed E-state index contributed by atoms with van der Waals surface area (Å²) in [5.74, 6) is -0.235. The van der Waals surface area contributed by atoms with Crippen molar-refractivity contribution in [1.29, 1.82) is 0 Å². The number of anilines is 1. The predicted octanol–water partition coefficient (Wildman–Crippen LogP) is 3.87. The van der Waals surface area contributed by atoms with Gasteiger partial charge in [0.1, 0.15) is 0 Å². The Hall–Kier alpha value is -3.01. The molecule has 3 heterocycles. The number of hydrogen-bond acceptors (Lipinski definition) is 5. The zero-order chi connectivity index (χ0) is 23.7. The summed E-state index contributed by atoms with van der Waals surface area (Å²) in [7, 11) is -3.72. The Morgan fingerprint density at radius 3 is 2.71 bits per heavy atom. The highest BCUT2D eigenvalue weighted by Crippen LogP contribution is 2.28. The van der Waals surface area contributed by atoms with E-state index in [-0.39, 0.29) is 22.3 Å². The summed E-state index contributed by atoms with van der Waals surface area (Å²) >= 11 is 1.66. The van der Waals surface area contributed by atoms with Crippen LogP contribution >= 0.6 is 11.3 Å². The van der Waals surface area contributed by atoms with Gasteiger partial charge in [0.2, 0.25) is 15.9 Å². The number of nitrogens with one attached hydrogen (secondary N) is 1. The molecule has 2 amide bonds. The molecule has 34 heavy (non-hydrogen) atoms. The molecule has 7 nitrogen and oxygen atoms in total. The standard InChI is InChI=1S/C25H25N3O4S2/c29-24-8-3-11-27(24)16-18-4-1-6-21(14-18)26-25(30)19-5-2-7-22(15-19)34(31,32)28-12-9-23-20(17-28)10-13-33-23/h1-2,4-7,10,13-15H,3,8-9,11-12,16-17H2,(H,26,30). The number of thiophene rings is 1. The fourth-order valence-electron chi connectivity index (χ4n) is 4.42. The third-order valence-electron chi connectivity index (χ3n) is 6.24. The summed E-state index contributed by atoms with van der Waals surface area (Å²) in [6.07, 6.45) is 2.16. The lowest BCUT2D eigenvalue weighted by molar-refractivity contribution is -0.128. The van der Waals surface area contributed by atoms with E-state index in [0.29, 0.717) is 38.2 Å². The maximum Gasteiger partial charge on any atom is 0.255 e. The van der Waals surface area contributed by atoms with Crippen molar-refractivity contribution in [3.8, 4) is 0 Å². The van der Waals surface area contributed by atoms with Crippen LogP contribution in [0.25, 0.3) is 0 Å². The molecule has 5 rings (SSSR count). The van der Waals surface area contributed by atoms with Crippen LogP contribution in [0.15, 0.2) is 64.9 Å². The zero-order valence-corrected chi connectivity index (χ0v) is 20.2. The van der Waals surface area contributed by atoms with Crippen molar-refractivity contribution in [2.45, 2.75) is 37.2 Å². The van der Waals surface area contributed by atoms with Gasteiger partial charge >= 0.3 is 0 Å². The van der Waals surface area contributed by atoms with Crippen molar-refractivity contribution in [1.82, 2.24) is 9.21 Å². The van der Waals surface area contributed by atoms with Crippen molar-refractivity contribution >= 4 is 38.9 Å². The number of sulfonamides is 1. The summed E-state index contributed by atoms with van der Waals surface area (Å²) in [4.78, 5) is 28.0. The number of carbonyl (C=O) groups is 2. The molecular formula is C25H25N3O4S2. The zero-order valence-electron chi connectivity index (χ0n) is 18.6. The smallest absolute Gasteiger partial charge is 0.255 e. The summed E-state index contributed by atoms with van der Waals surface area (Å²) < 4.78 is 28.0. The average molecular weight is 496 g/mol. The molecule has 1 saturated heterocycles. The Bertz CT molecular complexity index is 1350. The van der Waals surface area contributed by atoms with Gasteiger partial charge in [-0.1, -0.05) is 18.2 Å². The highest BCUT2D eigenvalue weighted by molar-refractivity contribution is 7.89. The molecule has 2 aliphatic heterocycles. The Morgan fingerprint density at radius 1 is 1.03 bits per heavy atom. The first-order valence-corrected chi connectivity index (χ1v) is 13.6. The first-order chi connectivity index (χ1) is 16.4. The number of nitrogens with zero attached hydrogens (tertiary/aromatic N) is 2. The fraction of sp³-hybridized carbons (Fsp3) is 0.280. The van der Waals surface area contributed by atoms with Crippen molar-refractivity contribution in [2.75, 3.05) is 18.4 Å². The van der Waals surface area contributed by atoms with Gasteiger partial charge in [0.15, 0.2) is 0 Å². The minimum atomic E-state index is -3.72. The topological polar surface area (TPSA) is 86.8 Å². The minimum Gasteiger partial charge on any atom is -0.338 e. The van der Waals surface area contributed by atoms with E-state index in [4.69, 9.17) is 0 Å². The lowest BCUT2D eigenvalue weighted by Gasteiger charge is -2.26. The number of amides is 2. The number of likely N-dealkylation sites (tertiary alicyclic amines) is 1. The average Bonchev–Trinajstić information content (AvgIpc) is 3.47. The molecule has 1 aromatic heterocycles. The van der Waals surface area contributed by atoms with Crippen LogP contribution in [-0.4, -0.2) is 42.5 Å². The summed E-state index contributed by atoms with van der Waals surface area (Å²) in [5, 5.41) is 4.84. The number of fused-ring (bicyclic) bond motifs is 1. The van der Waals surface area contributed by atoms with Gasteiger partial charge in [0.25, 0.3) is 5.91 Å². The number of benzene rings is 2. The molecule has 2 aromatic carbocycles. The molecule has 9 heteroatoms. The molecule has 0 bridgehead atoms.